The zero-order chi connectivity index (χ0) is 14.3. The van der Waals surface area contributed by atoms with Crippen molar-refractivity contribution in [3.63, 3.8) is 0 Å². The summed E-state index contributed by atoms with van der Waals surface area (Å²) in [5.41, 5.74) is 0. The van der Waals surface area contributed by atoms with Gasteiger partial charge >= 0.3 is 5.97 Å². The molecular weight excluding hydrogens is 321 g/mol. The smallest absolute Gasteiger partial charge is 0.303 e. The summed E-state index contributed by atoms with van der Waals surface area (Å²) in [6, 6.07) is 4.25. The fourth-order valence-corrected chi connectivity index (χ4v) is 1.59. The van der Waals surface area contributed by atoms with E-state index in [-0.39, 0.29) is 25.3 Å². The van der Waals surface area contributed by atoms with E-state index in [1.54, 1.807) is 6.07 Å². The van der Waals surface area contributed by atoms with Gasteiger partial charge in [-0.05, 0) is 24.6 Å². The first-order valence-electron chi connectivity index (χ1n) is 5.55. The summed E-state index contributed by atoms with van der Waals surface area (Å²) in [6.45, 7) is -0.0665. The molecule has 19 heavy (non-hydrogen) atoms. The molecule has 1 rings (SSSR count). The van der Waals surface area contributed by atoms with Crippen molar-refractivity contribution in [3.8, 4) is 5.75 Å². The van der Waals surface area contributed by atoms with E-state index < -0.39 is 17.7 Å². The molecule has 0 spiro atoms. The van der Waals surface area contributed by atoms with Gasteiger partial charge in [-0.3, -0.25) is 9.59 Å². The van der Waals surface area contributed by atoms with Gasteiger partial charge in [-0.2, -0.15) is 0 Å². The second-order valence-corrected chi connectivity index (χ2v) is 4.63. The Morgan fingerprint density at radius 1 is 1.42 bits per heavy atom. The third-order valence-electron chi connectivity index (χ3n) is 2.14. The first-order chi connectivity index (χ1) is 8.99. The van der Waals surface area contributed by atoms with Crippen LogP contribution in [0.3, 0.4) is 0 Å². The summed E-state index contributed by atoms with van der Waals surface area (Å²) in [5.74, 6) is -1.91. The third-order valence-corrected chi connectivity index (χ3v) is 2.64. The van der Waals surface area contributed by atoms with Crippen LogP contribution in [0.1, 0.15) is 12.8 Å². The molecule has 0 fully saturated rings. The SMILES string of the molecule is O=C(O)CCCNC(=O)COc1ccc(Br)cc1F. The second-order valence-electron chi connectivity index (χ2n) is 3.71. The number of halogens is 2. The number of rotatable bonds is 7. The lowest BCUT2D eigenvalue weighted by molar-refractivity contribution is -0.137. The molecule has 0 aliphatic carbocycles. The van der Waals surface area contributed by atoms with Crippen molar-refractivity contribution in [2.45, 2.75) is 12.8 Å². The number of benzene rings is 1. The zero-order valence-electron chi connectivity index (χ0n) is 9.99. The van der Waals surface area contributed by atoms with E-state index in [0.717, 1.165) is 0 Å². The van der Waals surface area contributed by atoms with Crippen molar-refractivity contribution < 1.29 is 23.8 Å². The summed E-state index contributed by atoms with van der Waals surface area (Å²) in [5, 5.41) is 10.9. The van der Waals surface area contributed by atoms with Crippen LogP contribution in [-0.2, 0) is 9.59 Å². The number of nitrogens with one attached hydrogen (secondary N) is 1. The van der Waals surface area contributed by atoms with Crippen LogP contribution in [0.4, 0.5) is 4.39 Å². The molecule has 0 heterocycles. The molecule has 0 unspecified atom stereocenters. The van der Waals surface area contributed by atoms with Crippen LogP contribution in [0.15, 0.2) is 22.7 Å². The maximum absolute atomic E-state index is 13.3. The lowest BCUT2D eigenvalue weighted by Gasteiger charge is -2.08. The van der Waals surface area contributed by atoms with E-state index in [0.29, 0.717) is 10.9 Å². The number of aliphatic carboxylic acids is 1. The standard InChI is InChI=1S/C12H13BrFNO4/c13-8-3-4-10(9(14)6-8)19-7-11(16)15-5-1-2-12(17)18/h3-4,6H,1-2,5,7H2,(H,15,16)(H,17,18). The van der Waals surface area contributed by atoms with E-state index in [2.05, 4.69) is 21.2 Å². The highest BCUT2D eigenvalue weighted by molar-refractivity contribution is 9.10. The summed E-state index contributed by atoms with van der Waals surface area (Å²) in [6.07, 6.45) is 0.330. The monoisotopic (exact) mass is 333 g/mol. The topological polar surface area (TPSA) is 75.6 Å². The van der Waals surface area contributed by atoms with Crippen molar-refractivity contribution in [3.05, 3.63) is 28.5 Å². The zero-order valence-corrected chi connectivity index (χ0v) is 11.6. The largest absolute Gasteiger partial charge is 0.481 e. The van der Waals surface area contributed by atoms with E-state index in [9.17, 15) is 14.0 Å². The Hall–Kier alpha value is -1.63. The number of hydrogen-bond acceptors (Lipinski definition) is 3. The molecule has 0 saturated carbocycles. The van der Waals surface area contributed by atoms with Crippen LogP contribution >= 0.6 is 15.9 Å². The Bertz CT molecular complexity index is 467. The van der Waals surface area contributed by atoms with Gasteiger partial charge in [0, 0.05) is 17.4 Å². The van der Waals surface area contributed by atoms with Crippen LogP contribution in [0.25, 0.3) is 0 Å². The molecule has 0 atom stereocenters. The van der Waals surface area contributed by atoms with Crippen LogP contribution in [0, 0.1) is 5.82 Å². The molecule has 1 amide bonds. The summed E-state index contributed by atoms with van der Waals surface area (Å²) < 4.78 is 18.9. The summed E-state index contributed by atoms with van der Waals surface area (Å²) in [7, 11) is 0. The number of ether oxygens (including phenoxy) is 1. The Morgan fingerprint density at radius 3 is 2.79 bits per heavy atom. The Morgan fingerprint density at radius 2 is 2.16 bits per heavy atom. The van der Waals surface area contributed by atoms with Gasteiger partial charge in [-0.1, -0.05) is 15.9 Å². The quantitative estimate of drug-likeness (QED) is 0.748. The van der Waals surface area contributed by atoms with Gasteiger partial charge in [0.1, 0.15) is 0 Å². The average Bonchev–Trinajstić information content (AvgIpc) is 2.33. The second kappa shape index (κ2) is 7.73. The fourth-order valence-electron chi connectivity index (χ4n) is 1.25. The number of carboxylic acids is 1. The molecule has 0 radical (unpaired) electrons. The predicted molar refractivity (Wildman–Crippen MR) is 69.5 cm³/mol. The average molecular weight is 334 g/mol. The highest BCUT2D eigenvalue weighted by Crippen LogP contribution is 2.21. The first kappa shape index (κ1) is 15.4. The molecule has 0 aromatic heterocycles. The molecule has 5 nitrogen and oxygen atoms in total. The molecule has 0 aliphatic rings. The van der Waals surface area contributed by atoms with Crippen molar-refractivity contribution in [2.24, 2.45) is 0 Å². The molecule has 104 valence electrons. The van der Waals surface area contributed by atoms with Crippen molar-refractivity contribution in [1.82, 2.24) is 5.32 Å². The highest BCUT2D eigenvalue weighted by Gasteiger charge is 2.07. The van der Waals surface area contributed by atoms with Gasteiger partial charge in [0.05, 0.1) is 0 Å². The van der Waals surface area contributed by atoms with Crippen molar-refractivity contribution in [1.29, 1.82) is 0 Å². The normalized spacial score (nSPS) is 10.0. The number of carbonyl (C=O) groups excluding carboxylic acids is 1. The van der Waals surface area contributed by atoms with Crippen LogP contribution in [0.2, 0.25) is 0 Å². The van der Waals surface area contributed by atoms with Gasteiger partial charge in [-0.25, -0.2) is 4.39 Å². The Balaban J connectivity index is 2.28. The van der Waals surface area contributed by atoms with Crippen LogP contribution in [0.5, 0.6) is 5.75 Å². The molecule has 7 heteroatoms. The third kappa shape index (κ3) is 6.19. The Kier molecular flexibility index (Phi) is 6.27. The van der Waals surface area contributed by atoms with E-state index in [1.165, 1.54) is 12.1 Å². The maximum Gasteiger partial charge on any atom is 0.303 e. The van der Waals surface area contributed by atoms with Crippen molar-refractivity contribution >= 4 is 27.8 Å². The fraction of sp³-hybridized carbons (Fsp3) is 0.333. The summed E-state index contributed by atoms with van der Waals surface area (Å²) >= 11 is 3.11. The minimum atomic E-state index is -0.914. The van der Waals surface area contributed by atoms with Gasteiger partial charge in [0.15, 0.2) is 18.2 Å². The van der Waals surface area contributed by atoms with E-state index >= 15 is 0 Å². The van der Waals surface area contributed by atoms with Crippen LogP contribution < -0.4 is 10.1 Å². The van der Waals surface area contributed by atoms with Crippen LogP contribution in [-0.4, -0.2) is 30.1 Å². The number of amides is 1. The molecule has 0 bridgehead atoms. The van der Waals surface area contributed by atoms with Gasteiger partial charge < -0.3 is 15.2 Å². The lowest BCUT2D eigenvalue weighted by atomic mass is 10.3. The molecule has 0 saturated heterocycles. The van der Waals surface area contributed by atoms with Gasteiger partial charge in [0.2, 0.25) is 0 Å². The highest BCUT2D eigenvalue weighted by atomic mass is 79.9. The van der Waals surface area contributed by atoms with Gasteiger partial charge in [0.25, 0.3) is 5.91 Å². The van der Waals surface area contributed by atoms with E-state index in [4.69, 9.17) is 9.84 Å². The molecule has 1 aromatic rings. The number of hydrogen-bond donors (Lipinski definition) is 2. The number of carboxylic acid groups (broad SMARTS) is 1. The first-order valence-corrected chi connectivity index (χ1v) is 6.34. The predicted octanol–water partition coefficient (Wildman–Crippen LogP) is 1.95. The van der Waals surface area contributed by atoms with Crippen molar-refractivity contribution in [2.75, 3.05) is 13.2 Å². The molecule has 0 aliphatic heterocycles. The van der Waals surface area contributed by atoms with Gasteiger partial charge in [-0.15, -0.1) is 0 Å². The summed E-state index contributed by atoms with van der Waals surface area (Å²) in [4.78, 5) is 21.6. The molecule has 1 aromatic carbocycles. The maximum atomic E-state index is 13.3. The molecular formula is C12H13BrFNO4. The minimum Gasteiger partial charge on any atom is -0.481 e. The van der Waals surface area contributed by atoms with E-state index in [1.807, 2.05) is 0 Å². The Labute approximate surface area is 117 Å². The lowest BCUT2D eigenvalue weighted by Crippen LogP contribution is -2.30. The number of carbonyl (C=O) groups is 2. The minimum absolute atomic E-state index is 0.0103. The molecule has 2 N–H and O–H groups in total.